The summed E-state index contributed by atoms with van der Waals surface area (Å²) in [7, 11) is 1.36. The molecule has 2 N–H and O–H groups in total. The highest BCUT2D eigenvalue weighted by Crippen LogP contribution is 2.34. The highest BCUT2D eigenvalue weighted by atomic mass is 19.1. The molecule has 10 heteroatoms. The van der Waals surface area contributed by atoms with Gasteiger partial charge in [-0.15, -0.1) is 0 Å². The summed E-state index contributed by atoms with van der Waals surface area (Å²) in [5.74, 6) is -1.12. The van der Waals surface area contributed by atoms with Gasteiger partial charge < -0.3 is 20.1 Å². The molecule has 2 aromatic rings. The number of carbonyl (C=O) groups is 2. The summed E-state index contributed by atoms with van der Waals surface area (Å²) in [6, 6.07) is 8.06. The van der Waals surface area contributed by atoms with Crippen LogP contribution < -0.4 is 20.1 Å². The van der Waals surface area contributed by atoms with E-state index in [-0.39, 0.29) is 49.1 Å². The molecule has 0 saturated carbocycles. The molecule has 0 radical (unpaired) electrons. The van der Waals surface area contributed by atoms with E-state index in [1.165, 1.54) is 31.4 Å². The highest BCUT2D eigenvalue weighted by molar-refractivity contribution is 5.99. The van der Waals surface area contributed by atoms with E-state index >= 15 is 0 Å². The molecule has 160 valence electrons. The molecule has 0 unspecified atom stereocenters. The quantitative estimate of drug-likeness (QED) is 0.346. The summed E-state index contributed by atoms with van der Waals surface area (Å²) >= 11 is 0. The van der Waals surface area contributed by atoms with Crippen LogP contribution in [0.2, 0.25) is 0 Å². The van der Waals surface area contributed by atoms with E-state index in [9.17, 15) is 24.1 Å². The molecule has 0 heterocycles. The number of ether oxygens (including phenoxy) is 2. The molecular formula is C20H22FN3O6. The average molecular weight is 419 g/mol. The molecule has 0 saturated heterocycles. The van der Waals surface area contributed by atoms with Crippen LogP contribution in [0.3, 0.4) is 0 Å². The van der Waals surface area contributed by atoms with Crippen LogP contribution in [0, 0.1) is 15.9 Å². The number of nitrogens with one attached hydrogen (secondary N) is 2. The summed E-state index contributed by atoms with van der Waals surface area (Å²) < 4.78 is 23.6. The first-order chi connectivity index (χ1) is 14.3. The normalized spacial score (nSPS) is 10.2. The molecule has 0 fully saturated rings. The third-order valence-electron chi connectivity index (χ3n) is 4.01. The maximum Gasteiger partial charge on any atom is 0.286 e. The molecule has 0 aromatic heterocycles. The van der Waals surface area contributed by atoms with Crippen molar-refractivity contribution in [2.24, 2.45) is 0 Å². The van der Waals surface area contributed by atoms with Crippen molar-refractivity contribution in [1.82, 2.24) is 10.6 Å². The van der Waals surface area contributed by atoms with Gasteiger partial charge in [-0.1, -0.05) is 12.1 Å². The first kappa shape index (κ1) is 22.6. The van der Waals surface area contributed by atoms with Crippen molar-refractivity contribution >= 4 is 17.5 Å². The van der Waals surface area contributed by atoms with Crippen LogP contribution in [-0.4, -0.2) is 43.5 Å². The Hall–Kier alpha value is -3.69. The van der Waals surface area contributed by atoms with Gasteiger partial charge in [-0.25, -0.2) is 4.39 Å². The Morgan fingerprint density at radius 2 is 1.87 bits per heavy atom. The Morgan fingerprint density at radius 3 is 2.50 bits per heavy atom. The number of carbonyl (C=O) groups excluding carboxylic acids is 2. The van der Waals surface area contributed by atoms with E-state index in [1.54, 1.807) is 13.0 Å². The molecule has 9 nitrogen and oxygen atoms in total. The summed E-state index contributed by atoms with van der Waals surface area (Å²) in [5.41, 5.74) is -0.0908. The number of methoxy groups -OCH3 is 1. The van der Waals surface area contributed by atoms with E-state index < -0.39 is 22.3 Å². The van der Waals surface area contributed by atoms with Crippen LogP contribution in [0.1, 0.15) is 22.8 Å². The number of nitro groups is 1. The Labute approximate surface area is 172 Å². The van der Waals surface area contributed by atoms with Crippen LogP contribution >= 0.6 is 0 Å². The number of hydrogen-bond donors (Lipinski definition) is 2. The van der Waals surface area contributed by atoms with Crippen LogP contribution in [-0.2, 0) is 11.2 Å². The maximum atomic E-state index is 13.1. The molecule has 2 amide bonds. The molecule has 0 atom stereocenters. The second kappa shape index (κ2) is 10.7. The lowest BCUT2D eigenvalue weighted by Gasteiger charge is -2.12. The fourth-order valence-electron chi connectivity index (χ4n) is 2.68. The van der Waals surface area contributed by atoms with Crippen molar-refractivity contribution in [2.75, 3.05) is 26.8 Å². The topological polar surface area (TPSA) is 120 Å². The number of nitrogens with zero attached hydrogens (tertiary/aromatic N) is 1. The molecule has 2 rings (SSSR count). The zero-order chi connectivity index (χ0) is 22.1. The minimum absolute atomic E-state index is 0.00668. The Bertz CT molecular complexity index is 935. The standard InChI is InChI=1S/C20H22FN3O6/c1-3-30-18-12-16(24(27)28)15(11-17(18)29-2)20(26)23-8-7-22-19(25)10-13-5-4-6-14(21)9-13/h4-6,9,11-12H,3,7-8,10H2,1-2H3,(H,22,25)(H,23,26). The SMILES string of the molecule is CCOc1cc([N+](=O)[O-])c(C(=O)NCCNC(=O)Cc2cccc(F)c2)cc1OC. The molecule has 0 spiro atoms. The van der Waals surface area contributed by atoms with Gasteiger partial charge in [-0.3, -0.25) is 19.7 Å². The second-order valence-electron chi connectivity index (χ2n) is 6.12. The first-order valence-corrected chi connectivity index (χ1v) is 9.14. The number of nitro benzene ring substituents is 1. The van der Waals surface area contributed by atoms with Gasteiger partial charge >= 0.3 is 0 Å². The van der Waals surface area contributed by atoms with Crippen LogP contribution in [0.25, 0.3) is 0 Å². The van der Waals surface area contributed by atoms with Crippen molar-refractivity contribution in [1.29, 1.82) is 0 Å². The lowest BCUT2D eigenvalue weighted by atomic mass is 10.1. The highest BCUT2D eigenvalue weighted by Gasteiger charge is 2.24. The van der Waals surface area contributed by atoms with Crippen molar-refractivity contribution in [3.05, 3.63) is 63.5 Å². The van der Waals surface area contributed by atoms with Gasteiger partial charge in [0.15, 0.2) is 11.5 Å². The molecule has 2 aromatic carbocycles. The predicted octanol–water partition coefficient (Wildman–Crippen LogP) is 2.23. The van der Waals surface area contributed by atoms with Crippen molar-refractivity contribution in [2.45, 2.75) is 13.3 Å². The van der Waals surface area contributed by atoms with Gasteiger partial charge in [-0.2, -0.15) is 0 Å². The number of benzene rings is 2. The van der Waals surface area contributed by atoms with E-state index in [0.29, 0.717) is 5.56 Å². The monoisotopic (exact) mass is 419 g/mol. The average Bonchev–Trinajstić information content (AvgIpc) is 2.70. The van der Waals surface area contributed by atoms with Crippen LogP contribution in [0.15, 0.2) is 36.4 Å². The Morgan fingerprint density at radius 1 is 1.13 bits per heavy atom. The van der Waals surface area contributed by atoms with E-state index in [2.05, 4.69) is 10.6 Å². The summed E-state index contributed by atoms with van der Waals surface area (Å²) in [6.45, 7) is 2.13. The van der Waals surface area contributed by atoms with Crippen LogP contribution in [0.4, 0.5) is 10.1 Å². The largest absolute Gasteiger partial charge is 0.493 e. The third kappa shape index (κ3) is 6.16. The number of hydrogen-bond acceptors (Lipinski definition) is 6. The molecule has 30 heavy (non-hydrogen) atoms. The van der Waals surface area contributed by atoms with Crippen molar-refractivity contribution < 1.29 is 28.4 Å². The van der Waals surface area contributed by atoms with Gasteiger partial charge in [0, 0.05) is 19.2 Å². The lowest BCUT2D eigenvalue weighted by molar-refractivity contribution is -0.385. The summed E-state index contributed by atoms with van der Waals surface area (Å²) in [5, 5.41) is 16.4. The lowest BCUT2D eigenvalue weighted by Crippen LogP contribution is -2.35. The predicted molar refractivity (Wildman–Crippen MR) is 106 cm³/mol. The molecule has 0 bridgehead atoms. The van der Waals surface area contributed by atoms with Gasteiger partial charge in [0.05, 0.1) is 31.1 Å². The van der Waals surface area contributed by atoms with Gasteiger partial charge in [0.25, 0.3) is 11.6 Å². The zero-order valence-corrected chi connectivity index (χ0v) is 16.6. The van der Waals surface area contributed by atoms with E-state index in [0.717, 1.165) is 6.07 Å². The van der Waals surface area contributed by atoms with Gasteiger partial charge in [0.2, 0.25) is 5.91 Å². The van der Waals surface area contributed by atoms with E-state index in [4.69, 9.17) is 9.47 Å². The second-order valence-corrected chi connectivity index (χ2v) is 6.12. The zero-order valence-electron chi connectivity index (χ0n) is 16.6. The number of rotatable bonds is 10. The van der Waals surface area contributed by atoms with Crippen LogP contribution in [0.5, 0.6) is 11.5 Å². The molecule has 0 aliphatic rings. The third-order valence-corrected chi connectivity index (χ3v) is 4.01. The fraction of sp³-hybridized carbons (Fsp3) is 0.300. The van der Waals surface area contributed by atoms with Gasteiger partial charge in [0.1, 0.15) is 11.4 Å². The smallest absolute Gasteiger partial charge is 0.286 e. The first-order valence-electron chi connectivity index (χ1n) is 9.14. The number of halogens is 1. The minimum atomic E-state index is -0.692. The fourth-order valence-corrected chi connectivity index (χ4v) is 2.68. The minimum Gasteiger partial charge on any atom is -0.493 e. The van der Waals surface area contributed by atoms with Crippen molar-refractivity contribution in [3.8, 4) is 11.5 Å². The molecule has 0 aliphatic heterocycles. The number of amides is 2. The Balaban J connectivity index is 1.95. The molecular weight excluding hydrogens is 397 g/mol. The van der Waals surface area contributed by atoms with Gasteiger partial charge in [-0.05, 0) is 24.6 Å². The maximum absolute atomic E-state index is 13.1. The van der Waals surface area contributed by atoms with Crippen molar-refractivity contribution in [3.63, 3.8) is 0 Å². The summed E-state index contributed by atoms with van der Waals surface area (Å²) in [6.07, 6.45) is -0.00668. The molecule has 0 aliphatic carbocycles. The Kier molecular flexibility index (Phi) is 8.09. The van der Waals surface area contributed by atoms with E-state index in [1.807, 2.05) is 0 Å². The summed E-state index contributed by atoms with van der Waals surface area (Å²) in [4.78, 5) is 35.0.